The number of nitrogens with zero attached hydrogens (tertiary/aromatic N) is 1. The summed E-state index contributed by atoms with van der Waals surface area (Å²) in [4.78, 5) is 9.74. The predicted molar refractivity (Wildman–Crippen MR) is 113 cm³/mol. The van der Waals surface area contributed by atoms with Gasteiger partial charge < -0.3 is 0 Å². The van der Waals surface area contributed by atoms with Crippen LogP contribution in [0.25, 0.3) is 0 Å². The Morgan fingerprint density at radius 2 is 1.23 bits per heavy atom. The van der Waals surface area contributed by atoms with Gasteiger partial charge in [0.25, 0.3) is 25.7 Å². The second-order valence-electron chi connectivity index (χ2n) is 5.97. The molecule has 0 saturated heterocycles. The molecule has 0 aromatic heterocycles. The molecule has 2 N–H and O–H groups in total. The highest BCUT2D eigenvalue weighted by Gasteiger charge is 2.21. The predicted octanol–water partition coefficient (Wildman–Crippen LogP) is 3.85. The van der Waals surface area contributed by atoms with Crippen LogP contribution in [0, 0.1) is 10.1 Å². The Morgan fingerprint density at radius 1 is 0.733 bits per heavy atom. The smallest absolute Gasteiger partial charge is 0.280 e. The average Bonchev–Trinajstić information content (AvgIpc) is 2.68. The number of nitrogens with one attached hydrogen (secondary N) is 2. The molecule has 0 atom stereocenters. The van der Waals surface area contributed by atoms with Crippen molar-refractivity contribution in [3.63, 3.8) is 0 Å². The van der Waals surface area contributed by atoms with Gasteiger partial charge in [-0.25, -0.2) is 16.8 Å². The number of para-hydroxylation sites is 1. The van der Waals surface area contributed by atoms with E-state index in [1.807, 2.05) is 0 Å². The largest absolute Gasteiger partial charge is 0.289 e. The Kier molecular flexibility index (Phi) is 5.97. The zero-order valence-electron chi connectivity index (χ0n) is 15.0. The van der Waals surface area contributed by atoms with Crippen molar-refractivity contribution in [3.8, 4) is 0 Å². The number of hydrogen-bond acceptors (Lipinski definition) is 6. The van der Waals surface area contributed by atoms with E-state index in [1.54, 1.807) is 30.3 Å². The number of halogens is 1. The van der Waals surface area contributed by atoms with Crippen LogP contribution >= 0.6 is 11.6 Å². The van der Waals surface area contributed by atoms with Gasteiger partial charge >= 0.3 is 0 Å². The lowest BCUT2D eigenvalue weighted by Gasteiger charge is -2.10. The Labute approximate surface area is 177 Å². The maximum atomic E-state index is 12.5. The van der Waals surface area contributed by atoms with E-state index in [1.165, 1.54) is 24.3 Å². The molecule has 0 saturated carbocycles. The maximum absolute atomic E-state index is 12.5. The lowest BCUT2D eigenvalue weighted by Crippen LogP contribution is -2.14. The lowest BCUT2D eigenvalue weighted by molar-refractivity contribution is -0.384. The fraction of sp³-hybridized carbons (Fsp3) is 0. The Bertz CT molecular complexity index is 1300. The average molecular weight is 468 g/mol. The Hall–Kier alpha value is -3.15. The Morgan fingerprint density at radius 3 is 1.80 bits per heavy atom. The molecule has 0 aliphatic rings. The summed E-state index contributed by atoms with van der Waals surface area (Å²) in [6.45, 7) is 0. The minimum atomic E-state index is -4.16. The summed E-state index contributed by atoms with van der Waals surface area (Å²) in [5, 5.41) is 10.8. The van der Waals surface area contributed by atoms with Gasteiger partial charge in [-0.1, -0.05) is 29.8 Å². The van der Waals surface area contributed by atoms with Crippen LogP contribution in [-0.2, 0) is 20.0 Å². The zero-order chi connectivity index (χ0) is 21.9. The molecule has 3 aromatic carbocycles. The maximum Gasteiger partial charge on any atom is 0.289 e. The van der Waals surface area contributed by atoms with Gasteiger partial charge in [-0.15, -0.1) is 0 Å². The molecular formula is C18H14ClN3O6S2. The van der Waals surface area contributed by atoms with Crippen LogP contribution in [-0.4, -0.2) is 21.8 Å². The SMILES string of the molecule is O=[N+]([O-])c1cc(S(=O)(=O)Nc2ccc(S(=O)(=O)Nc3ccccc3)cc2)ccc1Cl. The van der Waals surface area contributed by atoms with Crippen LogP contribution in [0.4, 0.5) is 17.1 Å². The van der Waals surface area contributed by atoms with Crippen molar-refractivity contribution in [1.82, 2.24) is 0 Å². The van der Waals surface area contributed by atoms with Crippen LogP contribution in [0.5, 0.6) is 0 Å². The van der Waals surface area contributed by atoms with Crippen LogP contribution in [0.15, 0.2) is 82.6 Å². The van der Waals surface area contributed by atoms with Gasteiger partial charge in [0, 0.05) is 17.4 Å². The number of sulfonamides is 2. The second-order valence-corrected chi connectivity index (χ2v) is 9.74. The molecule has 156 valence electrons. The van der Waals surface area contributed by atoms with Gasteiger partial charge in [-0.05, 0) is 48.5 Å². The second kappa shape index (κ2) is 8.30. The zero-order valence-corrected chi connectivity index (χ0v) is 17.4. The highest BCUT2D eigenvalue weighted by Crippen LogP contribution is 2.28. The molecule has 0 unspecified atom stereocenters. The van der Waals surface area contributed by atoms with E-state index in [2.05, 4.69) is 9.44 Å². The first-order valence-electron chi connectivity index (χ1n) is 8.23. The van der Waals surface area contributed by atoms with E-state index in [-0.39, 0.29) is 20.5 Å². The number of hydrogen-bond donors (Lipinski definition) is 2. The first-order valence-corrected chi connectivity index (χ1v) is 11.6. The number of benzene rings is 3. The van der Waals surface area contributed by atoms with E-state index in [4.69, 9.17) is 11.6 Å². The molecule has 3 rings (SSSR count). The molecule has 0 radical (unpaired) electrons. The first kappa shape index (κ1) is 21.6. The topological polar surface area (TPSA) is 135 Å². The summed E-state index contributed by atoms with van der Waals surface area (Å²) in [6.07, 6.45) is 0. The van der Waals surface area contributed by atoms with Gasteiger partial charge in [0.2, 0.25) is 0 Å². The normalized spacial score (nSPS) is 11.6. The number of rotatable bonds is 7. The molecule has 30 heavy (non-hydrogen) atoms. The molecular weight excluding hydrogens is 454 g/mol. The number of anilines is 2. The summed E-state index contributed by atoms with van der Waals surface area (Å²) in [5.74, 6) is 0. The standard InChI is InChI=1S/C18H14ClN3O6S2/c19-17-11-10-16(12-18(17)22(23)24)30(27,28)21-14-6-8-15(9-7-14)29(25,26)20-13-4-2-1-3-5-13/h1-12,20-21H. The Balaban J connectivity index is 1.81. The van der Waals surface area contributed by atoms with Gasteiger partial charge in [-0.3, -0.25) is 19.6 Å². The van der Waals surface area contributed by atoms with Crippen molar-refractivity contribution in [2.75, 3.05) is 9.44 Å². The third-order valence-electron chi connectivity index (χ3n) is 3.87. The molecule has 0 bridgehead atoms. The van der Waals surface area contributed by atoms with Gasteiger partial charge in [0.05, 0.1) is 14.7 Å². The fourth-order valence-corrected chi connectivity index (χ4v) is 4.76. The van der Waals surface area contributed by atoms with E-state index >= 15 is 0 Å². The minimum Gasteiger partial charge on any atom is -0.280 e. The van der Waals surface area contributed by atoms with Crippen LogP contribution in [0.1, 0.15) is 0 Å². The summed E-state index contributed by atoms with van der Waals surface area (Å²) in [5.41, 5.74) is -0.0918. The van der Waals surface area contributed by atoms with Crippen LogP contribution in [0.3, 0.4) is 0 Å². The molecule has 0 aliphatic heterocycles. The number of nitro benzene ring substituents is 1. The van der Waals surface area contributed by atoms with Crippen molar-refractivity contribution in [3.05, 3.63) is 87.9 Å². The highest BCUT2D eigenvalue weighted by atomic mass is 35.5. The molecule has 9 nitrogen and oxygen atoms in total. The summed E-state index contributed by atoms with van der Waals surface area (Å²) < 4.78 is 54.5. The lowest BCUT2D eigenvalue weighted by atomic mass is 10.3. The summed E-state index contributed by atoms with van der Waals surface area (Å²) in [7, 11) is -8.02. The van der Waals surface area contributed by atoms with Crippen LogP contribution in [0.2, 0.25) is 5.02 Å². The van der Waals surface area contributed by atoms with Gasteiger partial charge in [0.15, 0.2) is 0 Å². The van der Waals surface area contributed by atoms with E-state index < -0.39 is 30.7 Å². The van der Waals surface area contributed by atoms with Crippen molar-refractivity contribution in [1.29, 1.82) is 0 Å². The third kappa shape index (κ3) is 4.87. The monoisotopic (exact) mass is 467 g/mol. The minimum absolute atomic E-state index is 0.0727. The molecule has 0 aliphatic carbocycles. The molecule has 3 aromatic rings. The molecule has 12 heteroatoms. The van der Waals surface area contributed by atoms with Crippen molar-refractivity contribution in [2.24, 2.45) is 0 Å². The van der Waals surface area contributed by atoms with E-state index in [0.29, 0.717) is 5.69 Å². The van der Waals surface area contributed by atoms with E-state index in [0.717, 1.165) is 18.2 Å². The highest BCUT2D eigenvalue weighted by molar-refractivity contribution is 7.93. The van der Waals surface area contributed by atoms with Crippen molar-refractivity contribution in [2.45, 2.75) is 9.79 Å². The summed E-state index contributed by atoms with van der Waals surface area (Å²) in [6, 6.07) is 16.3. The molecule has 0 spiro atoms. The van der Waals surface area contributed by atoms with E-state index in [9.17, 15) is 26.9 Å². The quantitative estimate of drug-likeness (QED) is 0.400. The first-order chi connectivity index (χ1) is 14.1. The van der Waals surface area contributed by atoms with Gasteiger partial charge in [-0.2, -0.15) is 0 Å². The molecule has 0 heterocycles. The summed E-state index contributed by atoms with van der Waals surface area (Å²) >= 11 is 5.70. The van der Waals surface area contributed by atoms with Crippen LogP contribution < -0.4 is 9.44 Å². The van der Waals surface area contributed by atoms with Crippen molar-refractivity contribution >= 4 is 48.7 Å². The molecule has 0 amide bonds. The number of nitro groups is 1. The van der Waals surface area contributed by atoms with Gasteiger partial charge in [0.1, 0.15) is 5.02 Å². The fourth-order valence-electron chi connectivity index (χ4n) is 2.44. The molecule has 0 fully saturated rings. The third-order valence-corrected chi connectivity index (χ3v) is 6.96. The van der Waals surface area contributed by atoms with Crippen molar-refractivity contribution < 1.29 is 21.8 Å².